The van der Waals surface area contributed by atoms with Crippen LogP contribution in [0.25, 0.3) is 16.8 Å². The van der Waals surface area contributed by atoms with Crippen LogP contribution in [-0.4, -0.2) is 20.7 Å². The second kappa shape index (κ2) is 7.24. The Balaban J connectivity index is 1.81. The van der Waals surface area contributed by atoms with Crippen LogP contribution in [0, 0.1) is 11.3 Å². The number of pyridine rings is 1. The molecule has 0 saturated heterocycles. The first-order valence-corrected chi connectivity index (χ1v) is 9.32. The van der Waals surface area contributed by atoms with Crippen LogP contribution < -0.4 is 10.6 Å². The second-order valence-corrected chi connectivity index (χ2v) is 6.89. The van der Waals surface area contributed by atoms with Gasteiger partial charge in [0, 0.05) is 30.1 Å². The summed E-state index contributed by atoms with van der Waals surface area (Å²) in [6, 6.07) is 9.79. The number of nitrogens with zero attached hydrogens (tertiary/aromatic N) is 4. The van der Waals surface area contributed by atoms with Crippen molar-refractivity contribution in [1.29, 1.82) is 5.26 Å². The molecule has 0 spiro atoms. The van der Waals surface area contributed by atoms with Crippen LogP contribution in [0.2, 0.25) is 0 Å². The molecule has 144 valence electrons. The first-order chi connectivity index (χ1) is 14.0. The highest BCUT2D eigenvalue weighted by atomic mass is 16.2. The van der Waals surface area contributed by atoms with Crippen molar-refractivity contribution in [1.82, 2.24) is 14.8 Å². The van der Waals surface area contributed by atoms with Crippen molar-refractivity contribution in [3.8, 4) is 17.3 Å². The smallest absolute Gasteiger partial charge is 0.258 e. The summed E-state index contributed by atoms with van der Waals surface area (Å²) >= 11 is 0. The van der Waals surface area contributed by atoms with Crippen LogP contribution in [0.4, 0.5) is 11.4 Å². The minimum atomic E-state index is -0.172. The van der Waals surface area contributed by atoms with E-state index in [1.807, 2.05) is 51.4 Å². The molecule has 2 aromatic heterocycles. The molecule has 3 heterocycles. The summed E-state index contributed by atoms with van der Waals surface area (Å²) in [6.45, 7) is 3.89. The lowest BCUT2D eigenvalue weighted by molar-refractivity contribution is -0.110. The molecule has 7 heteroatoms. The number of fused-ring (bicyclic) bond motifs is 1. The second-order valence-electron chi connectivity index (χ2n) is 6.89. The van der Waals surface area contributed by atoms with Crippen LogP contribution in [0.1, 0.15) is 30.5 Å². The fourth-order valence-electron chi connectivity index (χ4n) is 3.67. The highest BCUT2D eigenvalue weighted by Crippen LogP contribution is 2.37. The molecule has 0 aliphatic carbocycles. The van der Waals surface area contributed by atoms with Crippen LogP contribution >= 0.6 is 0 Å². The number of aryl methyl sites for hydroxylation is 1. The molecule has 0 bridgehead atoms. The summed E-state index contributed by atoms with van der Waals surface area (Å²) < 4.78 is 1.69. The number of nitriles is 1. The predicted molar refractivity (Wildman–Crippen MR) is 112 cm³/mol. The van der Waals surface area contributed by atoms with E-state index in [0.29, 0.717) is 16.8 Å². The van der Waals surface area contributed by atoms with E-state index >= 15 is 0 Å². The van der Waals surface area contributed by atoms with E-state index in [1.54, 1.807) is 17.1 Å². The third-order valence-electron chi connectivity index (χ3n) is 4.99. The summed E-state index contributed by atoms with van der Waals surface area (Å²) in [5.74, 6) is -0.172. The molecule has 1 aromatic carbocycles. The summed E-state index contributed by atoms with van der Waals surface area (Å²) in [4.78, 5) is 17.2. The van der Waals surface area contributed by atoms with Gasteiger partial charge in [0.05, 0.1) is 46.7 Å². The summed E-state index contributed by atoms with van der Waals surface area (Å²) in [5.41, 5.74) is 6.82. The molecule has 29 heavy (non-hydrogen) atoms. The fourth-order valence-corrected chi connectivity index (χ4v) is 3.67. The van der Waals surface area contributed by atoms with E-state index in [9.17, 15) is 10.1 Å². The molecule has 0 unspecified atom stereocenters. The number of nitrogens with one attached hydrogen (secondary N) is 2. The lowest BCUT2D eigenvalue weighted by atomic mass is 9.95. The maximum absolute atomic E-state index is 12.6. The van der Waals surface area contributed by atoms with Crippen molar-refractivity contribution in [3.05, 3.63) is 65.2 Å². The van der Waals surface area contributed by atoms with Crippen LogP contribution in [0.5, 0.6) is 0 Å². The van der Waals surface area contributed by atoms with Crippen molar-refractivity contribution in [2.45, 2.75) is 20.3 Å². The van der Waals surface area contributed by atoms with Gasteiger partial charge in [-0.2, -0.15) is 10.4 Å². The fraction of sp³-hybridized carbons (Fsp3) is 0.182. The van der Waals surface area contributed by atoms with Gasteiger partial charge in [0.2, 0.25) is 0 Å². The number of rotatable bonds is 4. The number of carbonyl (C=O) groups excluding carboxylic acids is 1. The van der Waals surface area contributed by atoms with Crippen molar-refractivity contribution in [3.63, 3.8) is 0 Å². The number of benzene rings is 1. The minimum Gasteiger partial charge on any atom is -0.356 e. The molecule has 7 nitrogen and oxygen atoms in total. The number of aromatic nitrogens is 3. The van der Waals surface area contributed by atoms with Gasteiger partial charge in [0.15, 0.2) is 0 Å². The Morgan fingerprint density at radius 3 is 2.83 bits per heavy atom. The molecule has 1 amide bonds. The third-order valence-corrected chi connectivity index (χ3v) is 4.99. The Morgan fingerprint density at radius 2 is 2.14 bits per heavy atom. The molecule has 0 fully saturated rings. The molecule has 0 atom stereocenters. The van der Waals surface area contributed by atoms with Gasteiger partial charge in [0.25, 0.3) is 5.91 Å². The molecular weight excluding hydrogens is 364 g/mol. The topological polar surface area (TPSA) is 95.6 Å². The van der Waals surface area contributed by atoms with Crippen molar-refractivity contribution < 1.29 is 4.79 Å². The quantitative estimate of drug-likeness (QED) is 0.669. The zero-order valence-corrected chi connectivity index (χ0v) is 16.4. The summed E-state index contributed by atoms with van der Waals surface area (Å²) in [5, 5.41) is 19.7. The maximum Gasteiger partial charge on any atom is 0.258 e. The number of amides is 1. The van der Waals surface area contributed by atoms with E-state index < -0.39 is 0 Å². The zero-order valence-electron chi connectivity index (χ0n) is 16.4. The minimum absolute atomic E-state index is 0.172. The Labute approximate surface area is 168 Å². The number of hydrogen-bond acceptors (Lipinski definition) is 5. The van der Waals surface area contributed by atoms with E-state index in [2.05, 4.69) is 26.8 Å². The van der Waals surface area contributed by atoms with Gasteiger partial charge in [-0.15, -0.1) is 0 Å². The first-order valence-electron chi connectivity index (χ1n) is 9.32. The largest absolute Gasteiger partial charge is 0.356 e. The Morgan fingerprint density at radius 1 is 1.31 bits per heavy atom. The maximum atomic E-state index is 12.6. The average molecular weight is 384 g/mol. The van der Waals surface area contributed by atoms with Crippen molar-refractivity contribution in [2.24, 2.45) is 7.05 Å². The summed E-state index contributed by atoms with van der Waals surface area (Å²) in [7, 11) is 1.84. The lowest BCUT2D eigenvalue weighted by Crippen LogP contribution is -2.08. The monoisotopic (exact) mass is 384 g/mol. The van der Waals surface area contributed by atoms with E-state index in [0.717, 1.165) is 40.2 Å². The van der Waals surface area contributed by atoms with Crippen LogP contribution in [0.3, 0.4) is 0 Å². The Bertz CT molecular complexity index is 1200. The van der Waals surface area contributed by atoms with E-state index in [4.69, 9.17) is 0 Å². The van der Waals surface area contributed by atoms with Crippen molar-refractivity contribution in [2.75, 3.05) is 10.6 Å². The van der Waals surface area contributed by atoms with E-state index in [1.165, 1.54) is 0 Å². The summed E-state index contributed by atoms with van der Waals surface area (Å²) in [6.07, 6.45) is 5.94. The number of allylic oxidation sites excluding steroid dienone is 1. The Hall–Kier alpha value is -3.92. The number of anilines is 2. The predicted octanol–water partition coefficient (Wildman–Crippen LogP) is 3.71. The molecule has 2 N–H and O–H groups in total. The number of carbonyl (C=O) groups is 1. The van der Waals surface area contributed by atoms with Crippen LogP contribution in [-0.2, 0) is 18.3 Å². The van der Waals surface area contributed by atoms with Gasteiger partial charge in [-0.3, -0.25) is 14.5 Å². The highest BCUT2D eigenvalue weighted by Gasteiger charge is 2.28. The Kier molecular flexibility index (Phi) is 4.61. The van der Waals surface area contributed by atoms with Gasteiger partial charge in [-0.1, -0.05) is 19.1 Å². The normalized spacial score (nSPS) is 14.2. The lowest BCUT2D eigenvalue weighted by Gasteiger charge is -2.11. The standard InChI is InChI=1S/C22H20N6O/c1-4-16-14(9-23)6-5-7-17(16)19-8-18-20(11-24-19)27-22(29)21(18)13(2)26-15-10-25-28(3)12-15/h5-8,10-12,26H,4H2,1-3H3,(H,27,29). The SMILES string of the molecule is CCc1c(C#N)cccc1-c1cc2c(cn1)NC(=O)C2=C(C)Nc1cnn(C)c1. The van der Waals surface area contributed by atoms with Gasteiger partial charge in [0.1, 0.15) is 0 Å². The first kappa shape index (κ1) is 18.4. The zero-order chi connectivity index (χ0) is 20.5. The molecule has 1 aliphatic rings. The number of hydrogen-bond donors (Lipinski definition) is 2. The molecule has 1 aliphatic heterocycles. The molecule has 0 radical (unpaired) electrons. The third kappa shape index (κ3) is 3.25. The van der Waals surface area contributed by atoms with Gasteiger partial charge in [-0.05, 0) is 31.0 Å². The molecule has 4 rings (SSSR count). The van der Waals surface area contributed by atoms with Gasteiger partial charge >= 0.3 is 0 Å². The van der Waals surface area contributed by atoms with Crippen LogP contribution in [0.15, 0.2) is 48.6 Å². The molecule has 0 saturated carbocycles. The highest BCUT2D eigenvalue weighted by molar-refractivity contribution is 6.32. The van der Waals surface area contributed by atoms with Crippen molar-refractivity contribution >= 4 is 22.9 Å². The molecular formula is C22H20N6O. The van der Waals surface area contributed by atoms with Gasteiger partial charge in [-0.25, -0.2) is 0 Å². The van der Waals surface area contributed by atoms with Gasteiger partial charge < -0.3 is 10.6 Å². The average Bonchev–Trinajstić information content (AvgIpc) is 3.27. The molecule has 3 aromatic rings. The van der Waals surface area contributed by atoms with E-state index in [-0.39, 0.29) is 5.91 Å².